The number of nitrogens with two attached hydrogens (primary N) is 1. The molecule has 0 radical (unpaired) electrons. The van der Waals surface area contributed by atoms with Gasteiger partial charge in [-0.05, 0) is 48.5 Å². The van der Waals surface area contributed by atoms with Gasteiger partial charge in [0.05, 0.1) is 0 Å². The molecule has 2 heterocycles. The minimum absolute atomic E-state index is 0.794. The summed E-state index contributed by atoms with van der Waals surface area (Å²) < 4.78 is 0. The maximum atomic E-state index is 5.99. The van der Waals surface area contributed by atoms with Crippen LogP contribution in [0, 0.1) is 5.92 Å². The van der Waals surface area contributed by atoms with Crippen molar-refractivity contribution < 1.29 is 0 Å². The average molecular weight is 273 g/mol. The van der Waals surface area contributed by atoms with E-state index in [2.05, 4.69) is 28.1 Å². The molecule has 1 aliphatic heterocycles. The summed E-state index contributed by atoms with van der Waals surface area (Å²) in [6.07, 6.45) is 6.32. The van der Waals surface area contributed by atoms with Crippen LogP contribution in [0.1, 0.15) is 12.8 Å². The van der Waals surface area contributed by atoms with Crippen molar-refractivity contribution in [1.29, 1.82) is 0 Å². The third-order valence-electron chi connectivity index (χ3n) is 3.77. The van der Waals surface area contributed by atoms with E-state index in [4.69, 9.17) is 5.73 Å². The van der Waals surface area contributed by atoms with Gasteiger partial charge in [-0.3, -0.25) is 4.98 Å². The van der Waals surface area contributed by atoms with Crippen LogP contribution >= 0.6 is 11.8 Å². The van der Waals surface area contributed by atoms with Gasteiger partial charge < -0.3 is 11.1 Å². The number of rotatable bonds is 3. The van der Waals surface area contributed by atoms with Crippen molar-refractivity contribution in [3.8, 4) is 0 Å². The molecule has 3 N–H and O–H groups in total. The zero-order valence-corrected chi connectivity index (χ0v) is 11.7. The molecule has 1 aliphatic rings. The molecule has 3 nitrogen and oxygen atoms in total. The van der Waals surface area contributed by atoms with Crippen LogP contribution < -0.4 is 11.1 Å². The van der Waals surface area contributed by atoms with Crippen LogP contribution in [-0.4, -0.2) is 23.0 Å². The molecular weight excluding hydrogens is 254 g/mol. The van der Waals surface area contributed by atoms with Crippen molar-refractivity contribution in [2.45, 2.75) is 12.8 Å². The summed E-state index contributed by atoms with van der Waals surface area (Å²) in [5, 5.41) is 5.79. The number of nitrogens with zero attached hydrogens (tertiary/aromatic N) is 1. The van der Waals surface area contributed by atoms with Crippen LogP contribution in [0.5, 0.6) is 0 Å². The number of nitrogen functional groups attached to an aromatic ring is 1. The number of hydrogen-bond donors (Lipinski definition) is 2. The van der Waals surface area contributed by atoms with Crippen molar-refractivity contribution in [2.75, 3.05) is 29.1 Å². The highest BCUT2D eigenvalue weighted by atomic mass is 32.2. The SMILES string of the molecule is Nc1ccc(NCC2CCSCC2)c2ccncc12. The number of fused-ring (bicyclic) bond motifs is 1. The van der Waals surface area contributed by atoms with Crippen molar-refractivity contribution in [3.05, 3.63) is 30.6 Å². The van der Waals surface area contributed by atoms with Crippen LogP contribution in [0.25, 0.3) is 10.8 Å². The molecule has 1 aromatic carbocycles. The van der Waals surface area contributed by atoms with Crippen LogP contribution in [0.3, 0.4) is 0 Å². The second-order valence-electron chi connectivity index (χ2n) is 5.06. The highest BCUT2D eigenvalue weighted by Crippen LogP contribution is 2.29. The summed E-state index contributed by atoms with van der Waals surface area (Å²) in [7, 11) is 0. The van der Waals surface area contributed by atoms with Gasteiger partial charge >= 0.3 is 0 Å². The first-order chi connectivity index (χ1) is 9.34. The normalized spacial score (nSPS) is 16.6. The molecule has 3 rings (SSSR count). The van der Waals surface area contributed by atoms with E-state index in [1.165, 1.54) is 35.4 Å². The fourth-order valence-corrected chi connectivity index (χ4v) is 3.78. The van der Waals surface area contributed by atoms with Gasteiger partial charge in [-0.15, -0.1) is 0 Å². The number of hydrogen-bond acceptors (Lipinski definition) is 4. The summed E-state index contributed by atoms with van der Waals surface area (Å²) >= 11 is 2.07. The molecule has 19 heavy (non-hydrogen) atoms. The molecule has 0 bridgehead atoms. The van der Waals surface area contributed by atoms with Gasteiger partial charge in [0.25, 0.3) is 0 Å². The monoisotopic (exact) mass is 273 g/mol. The van der Waals surface area contributed by atoms with Crippen LogP contribution in [0.4, 0.5) is 11.4 Å². The third kappa shape index (κ3) is 2.78. The maximum Gasteiger partial charge on any atom is 0.0422 e. The van der Waals surface area contributed by atoms with E-state index in [0.29, 0.717) is 0 Å². The molecule has 1 aromatic heterocycles. The van der Waals surface area contributed by atoms with E-state index in [0.717, 1.165) is 23.5 Å². The van der Waals surface area contributed by atoms with Crippen molar-refractivity contribution >= 4 is 33.9 Å². The van der Waals surface area contributed by atoms with Gasteiger partial charge in [0, 0.05) is 41.1 Å². The quantitative estimate of drug-likeness (QED) is 0.842. The van der Waals surface area contributed by atoms with Crippen LogP contribution in [-0.2, 0) is 0 Å². The second-order valence-corrected chi connectivity index (χ2v) is 6.29. The lowest BCUT2D eigenvalue weighted by atomic mass is 10.0. The van der Waals surface area contributed by atoms with Crippen LogP contribution in [0.2, 0.25) is 0 Å². The Labute approximate surface area is 118 Å². The summed E-state index contributed by atoms with van der Waals surface area (Å²) in [5.41, 5.74) is 7.96. The van der Waals surface area contributed by atoms with Crippen molar-refractivity contribution in [1.82, 2.24) is 4.98 Å². The first-order valence-corrected chi connectivity index (χ1v) is 7.94. The third-order valence-corrected chi connectivity index (χ3v) is 4.82. The fourth-order valence-electron chi connectivity index (χ4n) is 2.57. The number of anilines is 2. The van der Waals surface area contributed by atoms with Crippen LogP contribution in [0.15, 0.2) is 30.6 Å². The Balaban J connectivity index is 1.79. The first-order valence-electron chi connectivity index (χ1n) is 6.78. The molecule has 100 valence electrons. The standard InChI is InChI=1S/C15H19N3S/c16-14-1-2-15(12-3-6-17-10-13(12)14)18-9-11-4-7-19-8-5-11/h1-3,6,10-11,18H,4-5,7-9,16H2. The number of aromatic nitrogens is 1. The van der Waals surface area contributed by atoms with Gasteiger partial charge in [-0.1, -0.05) is 0 Å². The predicted octanol–water partition coefficient (Wildman–Crippen LogP) is 3.37. The van der Waals surface area contributed by atoms with E-state index in [1.807, 2.05) is 24.5 Å². The molecule has 1 fully saturated rings. The Bertz CT molecular complexity index is 564. The first kappa shape index (κ1) is 12.6. The summed E-state index contributed by atoms with van der Waals surface area (Å²) in [6, 6.07) is 6.07. The van der Waals surface area contributed by atoms with E-state index in [-0.39, 0.29) is 0 Å². The minimum atomic E-state index is 0.794. The van der Waals surface area contributed by atoms with Crippen molar-refractivity contribution in [3.63, 3.8) is 0 Å². The summed E-state index contributed by atoms with van der Waals surface area (Å²) in [4.78, 5) is 4.15. The van der Waals surface area contributed by atoms with Crippen molar-refractivity contribution in [2.24, 2.45) is 5.92 Å². The summed E-state index contributed by atoms with van der Waals surface area (Å²) in [6.45, 7) is 1.06. The Morgan fingerprint density at radius 3 is 2.89 bits per heavy atom. The van der Waals surface area contributed by atoms with E-state index < -0.39 is 0 Å². The lowest BCUT2D eigenvalue weighted by molar-refractivity contribution is 0.516. The Morgan fingerprint density at radius 1 is 1.21 bits per heavy atom. The fraction of sp³-hybridized carbons (Fsp3) is 0.400. The predicted molar refractivity (Wildman–Crippen MR) is 84.7 cm³/mol. The second kappa shape index (κ2) is 5.70. The van der Waals surface area contributed by atoms with Gasteiger partial charge in [0.1, 0.15) is 0 Å². The number of thioether (sulfide) groups is 1. The Morgan fingerprint density at radius 2 is 2.05 bits per heavy atom. The maximum absolute atomic E-state index is 5.99. The lowest BCUT2D eigenvalue weighted by Gasteiger charge is -2.22. The molecule has 0 aliphatic carbocycles. The molecule has 2 aromatic rings. The van der Waals surface area contributed by atoms with E-state index in [9.17, 15) is 0 Å². The highest BCUT2D eigenvalue weighted by Gasteiger charge is 2.13. The number of nitrogens with one attached hydrogen (secondary N) is 1. The Hall–Kier alpha value is -1.42. The smallest absolute Gasteiger partial charge is 0.0422 e. The number of benzene rings is 1. The molecule has 0 saturated carbocycles. The van der Waals surface area contributed by atoms with Gasteiger partial charge in [0.15, 0.2) is 0 Å². The zero-order valence-electron chi connectivity index (χ0n) is 10.9. The molecule has 1 saturated heterocycles. The van der Waals surface area contributed by atoms with Gasteiger partial charge in [-0.2, -0.15) is 11.8 Å². The zero-order chi connectivity index (χ0) is 13.1. The summed E-state index contributed by atoms with van der Waals surface area (Å²) in [5.74, 6) is 3.41. The Kier molecular flexibility index (Phi) is 3.78. The molecule has 0 spiro atoms. The molecule has 0 unspecified atom stereocenters. The average Bonchev–Trinajstić information content (AvgIpc) is 2.48. The highest BCUT2D eigenvalue weighted by molar-refractivity contribution is 7.99. The van der Waals surface area contributed by atoms with E-state index in [1.54, 1.807) is 0 Å². The molecule has 4 heteroatoms. The van der Waals surface area contributed by atoms with E-state index >= 15 is 0 Å². The number of pyridine rings is 1. The topological polar surface area (TPSA) is 50.9 Å². The minimum Gasteiger partial charge on any atom is -0.398 e. The molecule has 0 atom stereocenters. The van der Waals surface area contributed by atoms with Gasteiger partial charge in [-0.25, -0.2) is 0 Å². The lowest BCUT2D eigenvalue weighted by Crippen LogP contribution is -2.19. The molecule has 0 amide bonds. The largest absolute Gasteiger partial charge is 0.398 e. The molecular formula is C15H19N3S. The van der Waals surface area contributed by atoms with Gasteiger partial charge in [0.2, 0.25) is 0 Å².